The van der Waals surface area contributed by atoms with Crippen molar-refractivity contribution in [2.45, 2.75) is 38.6 Å². The van der Waals surface area contributed by atoms with E-state index in [2.05, 4.69) is 52.1 Å². The smallest absolute Gasteiger partial charge is 0.229 e. The van der Waals surface area contributed by atoms with Gasteiger partial charge in [-0.3, -0.25) is 0 Å². The lowest BCUT2D eigenvalue weighted by Gasteiger charge is -2.06. The van der Waals surface area contributed by atoms with Crippen LogP contribution in [0.25, 0.3) is 10.9 Å². The van der Waals surface area contributed by atoms with Crippen molar-refractivity contribution in [2.75, 3.05) is 0 Å². The highest BCUT2D eigenvalue weighted by atomic mass is 16.5. The fourth-order valence-corrected chi connectivity index (χ4v) is 2.74. The first-order valence-electron chi connectivity index (χ1n) is 7.24. The lowest BCUT2D eigenvalue weighted by molar-refractivity contribution is 0.373. The molecule has 2 heterocycles. The molecule has 0 unspecified atom stereocenters. The van der Waals surface area contributed by atoms with Gasteiger partial charge in [-0.25, -0.2) is 0 Å². The fourth-order valence-electron chi connectivity index (χ4n) is 2.74. The molecule has 0 N–H and O–H groups in total. The molecule has 0 spiro atoms. The largest absolute Gasteiger partial charge is 0.339 e. The second-order valence-electron chi connectivity index (χ2n) is 5.48. The van der Waals surface area contributed by atoms with Crippen LogP contribution >= 0.6 is 0 Å². The average molecular weight is 267 g/mol. The normalized spacial score (nSPS) is 15.1. The van der Waals surface area contributed by atoms with Crippen molar-refractivity contribution in [2.24, 2.45) is 0 Å². The van der Waals surface area contributed by atoms with Crippen LogP contribution in [0.1, 0.15) is 43.0 Å². The van der Waals surface area contributed by atoms with Gasteiger partial charge >= 0.3 is 0 Å². The Morgan fingerprint density at radius 1 is 1.30 bits per heavy atom. The van der Waals surface area contributed by atoms with Gasteiger partial charge in [0, 0.05) is 12.1 Å². The van der Waals surface area contributed by atoms with E-state index in [4.69, 9.17) is 4.52 Å². The molecule has 4 rings (SSSR count). The van der Waals surface area contributed by atoms with Gasteiger partial charge in [-0.05, 0) is 36.3 Å². The summed E-state index contributed by atoms with van der Waals surface area (Å²) in [5, 5.41) is 5.38. The topological polar surface area (TPSA) is 43.9 Å². The van der Waals surface area contributed by atoms with Gasteiger partial charge in [-0.15, -0.1) is 0 Å². The molecular formula is C16H17N3O. The molecule has 1 fully saturated rings. The van der Waals surface area contributed by atoms with Crippen LogP contribution in [0.15, 0.2) is 35.0 Å². The summed E-state index contributed by atoms with van der Waals surface area (Å²) in [6.07, 6.45) is 5.51. The first-order chi connectivity index (χ1) is 9.85. The minimum Gasteiger partial charge on any atom is -0.339 e. The summed E-state index contributed by atoms with van der Waals surface area (Å²) >= 11 is 0. The minimum absolute atomic E-state index is 0.517. The van der Waals surface area contributed by atoms with E-state index in [0.717, 1.165) is 18.1 Å². The Balaban J connectivity index is 1.70. The molecule has 0 saturated heterocycles. The Hall–Kier alpha value is -2.10. The van der Waals surface area contributed by atoms with Crippen molar-refractivity contribution in [3.63, 3.8) is 0 Å². The summed E-state index contributed by atoms with van der Waals surface area (Å²) in [6.45, 7) is 2.86. The second kappa shape index (κ2) is 4.47. The lowest BCUT2D eigenvalue weighted by Crippen LogP contribution is -2.01. The predicted molar refractivity (Wildman–Crippen MR) is 76.7 cm³/mol. The summed E-state index contributed by atoms with van der Waals surface area (Å²) in [4.78, 5) is 4.51. The number of nitrogens with zero attached hydrogens (tertiary/aromatic N) is 3. The summed E-state index contributed by atoms with van der Waals surface area (Å²) in [5.41, 5.74) is 2.64. The summed E-state index contributed by atoms with van der Waals surface area (Å²) in [7, 11) is 0. The van der Waals surface area contributed by atoms with E-state index < -0.39 is 0 Å². The molecule has 4 nitrogen and oxygen atoms in total. The van der Waals surface area contributed by atoms with Gasteiger partial charge in [-0.2, -0.15) is 4.98 Å². The van der Waals surface area contributed by atoms with Gasteiger partial charge < -0.3 is 9.09 Å². The molecule has 4 heteroatoms. The van der Waals surface area contributed by atoms with Crippen LogP contribution in [0.4, 0.5) is 0 Å². The van der Waals surface area contributed by atoms with Gasteiger partial charge in [0.25, 0.3) is 0 Å². The first kappa shape index (κ1) is 11.7. The molecule has 1 aliphatic rings. The molecule has 20 heavy (non-hydrogen) atoms. The Morgan fingerprint density at radius 3 is 3.00 bits per heavy atom. The number of rotatable bonds is 4. The molecule has 0 aliphatic heterocycles. The summed E-state index contributed by atoms with van der Waals surface area (Å²) in [6, 6.07) is 8.60. The number of hydrogen-bond acceptors (Lipinski definition) is 3. The highest BCUT2D eigenvalue weighted by molar-refractivity contribution is 5.83. The van der Waals surface area contributed by atoms with E-state index in [-0.39, 0.29) is 0 Å². The van der Waals surface area contributed by atoms with E-state index >= 15 is 0 Å². The van der Waals surface area contributed by atoms with E-state index in [1.807, 2.05) is 0 Å². The molecule has 1 saturated carbocycles. The van der Waals surface area contributed by atoms with E-state index in [9.17, 15) is 0 Å². The fraction of sp³-hybridized carbons (Fsp3) is 0.375. The van der Waals surface area contributed by atoms with Crippen LogP contribution in [0, 0.1) is 0 Å². The van der Waals surface area contributed by atoms with Crippen LogP contribution in [-0.2, 0) is 13.0 Å². The van der Waals surface area contributed by atoms with Crippen molar-refractivity contribution < 1.29 is 4.52 Å². The number of hydrogen-bond donors (Lipinski definition) is 0. The molecule has 0 atom stereocenters. The van der Waals surface area contributed by atoms with E-state index in [0.29, 0.717) is 12.5 Å². The lowest BCUT2D eigenvalue weighted by atomic mass is 10.1. The first-order valence-corrected chi connectivity index (χ1v) is 7.24. The molecule has 0 bridgehead atoms. The van der Waals surface area contributed by atoms with Crippen molar-refractivity contribution in [3.05, 3.63) is 47.7 Å². The zero-order chi connectivity index (χ0) is 13.5. The maximum absolute atomic E-state index is 5.33. The van der Waals surface area contributed by atoms with Crippen molar-refractivity contribution in [1.82, 2.24) is 14.7 Å². The zero-order valence-corrected chi connectivity index (χ0v) is 11.5. The molecule has 0 amide bonds. The molecule has 1 aliphatic carbocycles. The maximum atomic E-state index is 5.33. The highest BCUT2D eigenvalue weighted by Crippen LogP contribution is 2.38. The van der Waals surface area contributed by atoms with Gasteiger partial charge in [0.2, 0.25) is 5.89 Å². The van der Waals surface area contributed by atoms with E-state index in [1.165, 1.54) is 29.3 Å². The molecular weight excluding hydrogens is 250 g/mol. The minimum atomic E-state index is 0.517. The monoisotopic (exact) mass is 267 g/mol. The predicted octanol–water partition coefficient (Wildman–Crippen LogP) is 3.51. The Morgan fingerprint density at radius 2 is 2.20 bits per heavy atom. The third-order valence-corrected chi connectivity index (χ3v) is 3.98. The van der Waals surface area contributed by atoms with Crippen molar-refractivity contribution in [1.29, 1.82) is 0 Å². The van der Waals surface area contributed by atoms with Crippen LogP contribution < -0.4 is 0 Å². The Labute approximate surface area is 117 Å². The van der Waals surface area contributed by atoms with Gasteiger partial charge in [-0.1, -0.05) is 30.3 Å². The molecule has 1 aromatic carbocycles. The van der Waals surface area contributed by atoms with Gasteiger partial charge in [0.15, 0.2) is 5.82 Å². The number of aromatic nitrogens is 3. The Kier molecular flexibility index (Phi) is 2.62. The quantitative estimate of drug-likeness (QED) is 0.726. The third kappa shape index (κ3) is 1.92. The van der Waals surface area contributed by atoms with Gasteiger partial charge in [0.1, 0.15) is 0 Å². The van der Waals surface area contributed by atoms with Crippen LogP contribution in [0.2, 0.25) is 0 Å². The molecule has 102 valence electrons. The van der Waals surface area contributed by atoms with Gasteiger partial charge in [0.05, 0.1) is 12.1 Å². The Bertz CT molecular complexity index is 752. The zero-order valence-electron chi connectivity index (χ0n) is 11.5. The van der Waals surface area contributed by atoms with Crippen LogP contribution in [-0.4, -0.2) is 14.7 Å². The van der Waals surface area contributed by atoms with Crippen molar-refractivity contribution >= 4 is 10.9 Å². The second-order valence-corrected chi connectivity index (χ2v) is 5.48. The van der Waals surface area contributed by atoms with E-state index in [1.54, 1.807) is 0 Å². The summed E-state index contributed by atoms with van der Waals surface area (Å²) in [5.74, 6) is 2.10. The maximum Gasteiger partial charge on any atom is 0.229 e. The number of para-hydroxylation sites is 1. The highest BCUT2D eigenvalue weighted by Gasteiger charge is 2.29. The molecule has 3 aromatic rings. The molecule has 0 radical (unpaired) electrons. The summed E-state index contributed by atoms with van der Waals surface area (Å²) < 4.78 is 7.55. The number of benzene rings is 1. The number of aryl methyl sites for hydroxylation is 1. The number of fused-ring (bicyclic) bond motifs is 1. The molecule has 2 aromatic heterocycles. The SMILES string of the molecule is CCc1cccc2ccn(Cc3noc(C4CC4)n3)c12. The third-order valence-electron chi connectivity index (χ3n) is 3.98. The average Bonchev–Trinajstić information content (AvgIpc) is 3.09. The van der Waals surface area contributed by atoms with Crippen LogP contribution in [0.3, 0.4) is 0 Å². The van der Waals surface area contributed by atoms with Crippen molar-refractivity contribution in [3.8, 4) is 0 Å². The van der Waals surface area contributed by atoms with Crippen LogP contribution in [0.5, 0.6) is 0 Å². The standard InChI is InChI=1S/C16H17N3O/c1-2-11-4-3-5-12-8-9-19(15(11)12)10-14-17-16(20-18-14)13-6-7-13/h3-5,8-9,13H,2,6-7,10H2,1H3.